The Bertz CT molecular complexity index is 659. The number of aromatic nitrogens is 2. The Labute approximate surface area is 143 Å². The van der Waals surface area contributed by atoms with Gasteiger partial charge in [0, 0.05) is 51.8 Å². The summed E-state index contributed by atoms with van der Waals surface area (Å²) in [5.41, 5.74) is 2.07. The van der Waals surface area contributed by atoms with Crippen LogP contribution in [0, 0.1) is 0 Å². The van der Waals surface area contributed by atoms with Gasteiger partial charge in [-0.2, -0.15) is 0 Å². The summed E-state index contributed by atoms with van der Waals surface area (Å²) in [6, 6.07) is 7.67. The van der Waals surface area contributed by atoms with Crippen LogP contribution in [0.15, 0.2) is 42.9 Å². The fourth-order valence-electron chi connectivity index (χ4n) is 2.73. The third kappa shape index (κ3) is 4.22. The van der Waals surface area contributed by atoms with Crippen LogP contribution in [0.2, 0.25) is 0 Å². The van der Waals surface area contributed by atoms with E-state index in [1.807, 2.05) is 50.3 Å². The Balaban J connectivity index is 2.04. The Morgan fingerprint density at radius 2 is 1.88 bits per heavy atom. The number of amides is 2. The van der Waals surface area contributed by atoms with Crippen LogP contribution < -0.4 is 10.2 Å². The number of pyridine rings is 2. The van der Waals surface area contributed by atoms with Crippen molar-refractivity contribution < 1.29 is 4.79 Å². The lowest BCUT2D eigenvalue weighted by molar-refractivity contribution is 0.188. The van der Waals surface area contributed by atoms with Gasteiger partial charge in [-0.05, 0) is 30.2 Å². The number of anilines is 1. The average molecular weight is 327 g/mol. The first-order valence-corrected chi connectivity index (χ1v) is 8.06. The zero-order chi connectivity index (χ0) is 17.5. The molecule has 2 aromatic rings. The molecule has 2 heterocycles. The summed E-state index contributed by atoms with van der Waals surface area (Å²) in [4.78, 5) is 24.6. The lowest BCUT2D eigenvalue weighted by Crippen LogP contribution is -2.39. The van der Waals surface area contributed by atoms with Gasteiger partial charge in [-0.1, -0.05) is 13.0 Å². The van der Waals surface area contributed by atoms with Crippen LogP contribution in [0.25, 0.3) is 0 Å². The molecule has 2 aromatic heterocycles. The molecule has 0 spiro atoms. The van der Waals surface area contributed by atoms with Gasteiger partial charge in [0.15, 0.2) is 0 Å². The van der Waals surface area contributed by atoms with E-state index in [9.17, 15) is 4.79 Å². The molecule has 0 radical (unpaired) electrons. The minimum atomic E-state index is -0.104. The summed E-state index contributed by atoms with van der Waals surface area (Å²) in [5, 5.41) is 2.98. The minimum Gasteiger partial charge on any atom is -0.362 e. The van der Waals surface area contributed by atoms with Gasteiger partial charge in [0.05, 0.1) is 6.04 Å². The van der Waals surface area contributed by atoms with Gasteiger partial charge in [-0.15, -0.1) is 0 Å². The Kier molecular flexibility index (Phi) is 6.12. The molecule has 0 aliphatic heterocycles. The second-order valence-corrected chi connectivity index (χ2v) is 5.85. The van der Waals surface area contributed by atoms with Crippen LogP contribution in [0.5, 0.6) is 0 Å². The fraction of sp³-hybridized carbons (Fsp3) is 0.389. The molecule has 128 valence electrons. The first kappa shape index (κ1) is 17.7. The lowest BCUT2D eigenvalue weighted by atomic mass is 10.1. The van der Waals surface area contributed by atoms with Crippen molar-refractivity contribution in [3.63, 3.8) is 0 Å². The van der Waals surface area contributed by atoms with Crippen molar-refractivity contribution in [2.45, 2.75) is 25.9 Å². The SMILES string of the molecule is CC[C@@H](c1ccncc1)N(C)C(=O)NCc1cccnc1N(C)C. The molecule has 6 nitrogen and oxygen atoms in total. The molecular formula is C18H25N5O. The number of nitrogens with one attached hydrogen (secondary N) is 1. The molecule has 0 saturated carbocycles. The van der Waals surface area contributed by atoms with Crippen LogP contribution in [0.4, 0.5) is 10.6 Å². The topological polar surface area (TPSA) is 61.4 Å². The third-order valence-corrected chi connectivity index (χ3v) is 3.99. The number of nitrogens with zero attached hydrogens (tertiary/aromatic N) is 4. The number of hydrogen-bond donors (Lipinski definition) is 1. The van der Waals surface area contributed by atoms with Gasteiger partial charge in [0.1, 0.15) is 5.82 Å². The number of urea groups is 1. The molecule has 0 unspecified atom stereocenters. The molecule has 1 atom stereocenters. The van der Waals surface area contributed by atoms with Crippen molar-refractivity contribution in [3.8, 4) is 0 Å². The van der Waals surface area contributed by atoms with E-state index in [-0.39, 0.29) is 12.1 Å². The van der Waals surface area contributed by atoms with Crippen molar-refractivity contribution in [3.05, 3.63) is 54.0 Å². The number of rotatable bonds is 6. The summed E-state index contributed by atoms with van der Waals surface area (Å²) in [6.45, 7) is 2.51. The molecule has 0 bridgehead atoms. The normalized spacial score (nSPS) is 11.7. The number of carbonyl (C=O) groups excluding carboxylic acids is 1. The maximum atomic E-state index is 12.5. The van der Waals surface area contributed by atoms with Crippen LogP contribution in [-0.2, 0) is 6.54 Å². The maximum absolute atomic E-state index is 12.5. The monoisotopic (exact) mass is 327 g/mol. The molecule has 24 heavy (non-hydrogen) atoms. The van der Waals surface area contributed by atoms with E-state index in [4.69, 9.17) is 0 Å². The Morgan fingerprint density at radius 3 is 2.50 bits per heavy atom. The zero-order valence-electron chi connectivity index (χ0n) is 14.7. The Hall–Kier alpha value is -2.63. The van der Waals surface area contributed by atoms with Crippen molar-refractivity contribution >= 4 is 11.8 Å². The van der Waals surface area contributed by atoms with Gasteiger partial charge in [0.2, 0.25) is 0 Å². The van der Waals surface area contributed by atoms with E-state index in [0.29, 0.717) is 6.54 Å². The highest BCUT2D eigenvalue weighted by atomic mass is 16.2. The first-order valence-electron chi connectivity index (χ1n) is 8.06. The van der Waals surface area contributed by atoms with E-state index >= 15 is 0 Å². The number of hydrogen-bond acceptors (Lipinski definition) is 4. The van der Waals surface area contributed by atoms with Gasteiger partial charge in [0.25, 0.3) is 0 Å². The second kappa shape index (κ2) is 8.29. The smallest absolute Gasteiger partial charge is 0.317 e. The predicted molar refractivity (Wildman–Crippen MR) is 95.8 cm³/mol. The van der Waals surface area contributed by atoms with Crippen LogP contribution >= 0.6 is 0 Å². The average Bonchev–Trinajstić information content (AvgIpc) is 2.61. The summed E-state index contributed by atoms with van der Waals surface area (Å²) >= 11 is 0. The van der Waals surface area contributed by atoms with E-state index in [1.54, 1.807) is 23.5 Å². The van der Waals surface area contributed by atoms with Crippen LogP contribution in [0.3, 0.4) is 0 Å². The van der Waals surface area contributed by atoms with Gasteiger partial charge in [-0.3, -0.25) is 4.98 Å². The Morgan fingerprint density at radius 1 is 1.17 bits per heavy atom. The zero-order valence-corrected chi connectivity index (χ0v) is 14.7. The van der Waals surface area contributed by atoms with Crippen LogP contribution in [-0.4, -0.2) is 42.0 Å². The maximum Gasteiger partial charge on any atom is 0.317 e. The minimum absolute atomic E-state index is 0.0233. The molecule has 0 fully saturated rings. The molecule has 2 amide bonds. The highest BCUT2D eigenvalue weighted by Gasteiger charge is 2.20. The van der Waals surface area contributed by atoms with Crippen molar-refractivity contribution in [2.75, 3.05) is 26.0 Å². The third-order valence-electron chi connectivity index (χ3n) is 3.99. The number of carbonyl (C=O) groups is 1. The quantitative estimate of drug-likeness (QED) is 0.886. The summed E-state index contributed by atoms with van der Waals surface area (Å²) in [5.74, 6) is 0.863. The summed E-state index contributed by atoms with van der Waals surface area (Å²) in [7, 11) is 5.70. The first-order chi connectivity index (χ1) is 11.5. The molecule has 1 N–H and O–H groups in total. The van der Waals surface area contributed by atoms with E-state index < -0.39 is 0 Å². The molecule has 0 aliphatic carbocycles. The molecule has 0 saturated heterocycles. The molecule has 2 rings (SSSR count). The fourth-order valence-corrected chi connectivity index (χ4v) is 2.73. The van der Waals surface area contributed by atoms with E-state index in [0.717, 1.165) is 23.4 Å². The summed E-state index contributed by atoms with van der Waals surface area (Å²) < 4.78 is 0. The standard InChI is InChI=1S/C18H25N5O/c1-5-16(14-8-11-19-12-9-14)23(4)18(24)21-13-15-7-6-10-20-17(15)22(2)3/h6-12,16H,5,13H2,1-4H3,(H,21,24)/t16-/m0/s1. The van der Waals surface area contributed by atoms with E-state index in [1.165, 1.54) is 0 Å². The van der Waals surface area contributed by atoms with Crippen molar-refractivity contribution in [1.29, 1.82) is 0 Å². The molecule has 6 heteroatoms. The van der Waals surface area contributed by atoms with Gasteiger partial charge in [-0.25, -0.2) is 9.78 Å². The van der Waals surface area contributed by atoms with Crippen molar-refractivity contribution in [1.82, 2.24) is 20.2 Å². The lowest BCUT2D eigenvalue weighted by Gasteiger charge is -2.28. The molecule has 0 aromatic carbocycles. The highest BCUT2D eigenvalue weighted by molar-refractivity contribution is 5.74. The van der Waals surface area contributed by atoms with E-state index in [2.05, 4.69) is 22.2 Å². The van der Waals surface area contributed by atoms with Crippen LogP contribution in [0.1, 0.15) is 30.5 Å². The largest absolute Gasteiger partial charge is 0.362 e. The van der Waals surface area contributed by atoms with Gasteiger partial charge < -0.3 is 15.1 Å². The second-order valence-electron chi connectivity index (χ2n) is 5.85. The highest BCUT2D eigenvalue weighted by Crippen LogP contribution is 2.22. The summed E-state index contributed by atoms with van der Waals surface area (Å²) in [6.07, 6.45) is 6.10. The molecule has 0 aliphatic rings. The predicted octanol–water partition coefficient (Wildman–Crippen LogP) is 2.84. The molecular weight excluding hydrogens is 302 g/mol. The van der Waals surface area contributed by atoms with Gasteiger partial charge >= 0.3 is 6.03 Å². The van der Waals surface area contributed by atoms with Crippen molar-refractivity contribution in [2.24, 2.45) is 0 Å².